The molecule has 8 nitrogen and oxygen atoms in total. The van der Waals surface area contributed by atoms with Crippen molar-refractivity contribution >= 4 is 46.4 Å². The maximum absolute atomic E-state index is 12.7. The normalized spacial score (nSPS) is 14.3. The molecule has 0 aliphatic carbocycles. The lowest BCUT2D eigenvalue weighted by Gasteiger charge is -2.12. The summed E-state index contributed by atoms with van der Waals surface area (Å²) in [6.07, 6.45) is -0.482. The van der Waals surface area contributed by atoms with Gasteiger partial charge in [-0.1, -0.05) is 24.3 Å². The van der Waals surface area contributed by atoms with Crippen LogP contribution in [-0.4, -0.2) is 23.6 Å². The fraction of sp³-hybridized carbons (Fsp3) is 0.0435. The minimum atomic E-state index is -0.590. The van der Waals surface area contributed by atoms with Crippen LogP contribution in [0.4, 0.5) is 22.7 Å². The number of nitrogens with one attached hydrogen (secondary N) is 4. The lowest BCUT2D eigenvalue weighted by atomic mass is 10.1. The van der Waals surface area contributed by atoms with Crippen molar-refractivity contribution in [2.24, 2.45) is 0 Å². The van der Waals surface area contributed by atoms with Crippen LogP contribution in [0.1, 0.15) is 27.1 Å². The molecule has 2 aliphatic heterocycles. The Morgan fingerprint density at radius 1 is 0.484 bits per heavy atom. The third-order valence-electron chi connectivity index (χ3n) is 4.61. The summed E-state index contributed by atoms with van der Waals surface area (Å²) in [4.78, 5) is 50.2. The molecule has 0 saturated carbocycles. The van der Waals surface area contributed by atoms with E-state index in [1.807, 2.05) is 0 Å². The third-order valence-corrected chi connectivity index (χ3v) is 4.61. The summed E-state index contributed by atoms with van der Waals surface area (Å²) in [6, 6.07) is 19.6. The van der Waals surface area contributed by atoms with Crippen LogP contribution < -0.4 is 21.3 Å². The molecule has 2 aliphatic rings. The van der Waals surface area contributed by atoms with Gasteiger partial charge in [-0.25, -0.2) is 0 Å². The van der Waals surface area contributed by atoms with Gasteiger partial charge in [-0.15, -0.1) is 0 Å². The standard InChI is InChI=1S/C23H18N4O4/c28-20-13-21(29)27-19-8-4-2-6-17(19)23(31)25-15-11-9-14(10-12-15)24-22(30)16-5-1-3-7-18(16)26-20/h1-12H,13H2,(H,24,30)(H,25,31)(H,26,28)(H,27,29). The fourth-order valence-corrected chi connectivity index (χ4v) is 3.15. The van der Waals surface area contributed by atoms with E-state index in [0.29, 0.717) is 11.4 Å². The van der Waals surface area contributed by atoms with Crippen molar-refractivity contribution in [1.29, 1.82) is 0 Å². The van der Waals surface area contributed by atoms with E-state index in [9.17, 15) is 19.2 Å². The van der Waals surface area contributed by atoms with E-state index in [1.54, 1.807) is 72.8 Å². The predicted octanol–water partition coefficient (Wildman–Crippen LogP) is 3.47. The molecule has 5 rings (SSSR count). The maximum Gasteiger partial charge on any atom is 0.257 e. The van der Waals surface area contributed by atoms with E-state index in [1.165, 1.54) is 0 Å². The average Bonchev–Trinajstić information content (AvgIpc) is 2.75. The zero-order chi connectivity index (χ0) is 21.8. The number of fused-ring (bicyclic) bond motifs is 8. The van der Waals surface area contributed by atoms with Gasteiger partial charge in [0.15, 0.2) is 0 Å². The molecule has 0 spiro atoms. The first kappa shape index (κ1) is 19.8. The van der Waals surface area contributed by atoms with Crippen LogP contribution in [0.3, 0.4) is 0 Å². The molecule has 3 aromatic rings. The van der Waals surface area contributed by atoms with Crippen LogP contribution in [-0.2, 0) is 9.59 Å². The summed E-state index contributed by atoms with van der Waals surface area (Å²) >= 11 is 0. The lowest BCUT2D eigenvalue weighted by Crippen LogP contribution is -2.24. The predicted molar refractivity (Wildman–Crippen MR) is 117 cm³/mol. The van der Waals surface area contributed by atoms with E-state index < -0.39 is 30.0 Å². The van der Waals surface area contributed by atoms with Gasteiger partial charge in [0.05, 0.1) is 22.5 Å². The number of rotatable bonds is 0. The van der Waals surface area contributed by atoms with Crippen molar-refractivity contribution in [1.82, 2.24) is 0 Å². The number of benzene rings is 3. The Labute approximate surface area is 177 Å². The second-order valence-corrected chi connectivity index (χ2v) is 6.85. The number of carbonyl (C=O) groups is 4. The van der Waals surface area contributed by atoms with Crippen LogP contribution in [0.15, 0.2) is 72.8 Å². The number of carbonyl (C=O) groups excluding carboxylic acids is 4. The van der Waals surface area contributed by atoms with Crippen LogP contribution in [0, 0.1) is 0 Å². The molecule has 31 heavy (non-hydrogen) atoms. The fourth-order valence-electron chi connectivity index (χ4n) is 3.15. The SMILES string of the molecule is O=C1CC(=O)Nc2ccccc2C(=O)Nc2ccc(cc2)NC(=O)c2ccccc2N1. The first-order chi connectivity index (χ1) is 15.0. The Bertz CT molecular complexity index is 1100. The zero-order valence-electron chi connectivity index (χ0n) is 16.3. The van der Waals surface area contributed by atoms with E-state index in [4.69, 9.17) is 0 Å². The smallest absolute Gasteiger partial charge is 0.257 e. The molecular formula is C23H18N4O4. The van der Waals surface area contributed by atoms with Crippen LogP contribution in [0.25, 0.3) is 0 Å². The van der Waals surface area contributed by atoms with Gasteiger partial charge >= 0.3 is 0 Å². The quantitative estimate of drug-likeness (QED) is 0.422. The number of anilines is 4. The Morgan fingerprint density at radius 2 is 0.871 bits per heavy atom. The van der Waals surface area contributed by atoms with Crippen LogP contribution in [0.5, 0.6) is 0 Å². The topological polar surface area (TPSA) is 116 Å². The van der Waals surface area contributed by atoms with E-state index in [-0.39, 0.29) is 22.5 Å². The largest absolute Gasteiger partial charge is 0.325 e. The van der Waals surface area contributed by atoms with Gasteiger partial charge in [-0.3, -0.25) is 19.2 Å². The van der Waals surface area contributed by atoms with Crippen molar-refractivity contribution in [3.05, 3.63) is 83.9 Å². The number of hydrogen-bond acceptors (Lipinski definition) is 4. The van der Waals surface area contributed by atoms with Gasteiger partial charge in [-0.05, 0) is 48.5 Å². The van der Waals surface area contributed by atoms with Gasteiger partial charge in [0.25, 0.3) is 11.8 Å². The molecule has 0 atom stereocenters. The van der Waals surface area contributed by atoms with E-state index in [2.05, 4.69) is 21.3 Å². The highest BCUT2D eigenvalue weighted by Gasteiger charge is 2.18. The summed E-state index contributed by atoms with van der Waals surface area (Å²) in [5.41, 5.74) is 2.12. The van der Waals surface area contributed by atoms with Crippen molar-refractivity contribution in [2.75, 3.05) is 21.3 Å². The van der Waals surface area contributed by atoms with Gasteiger partial charge in [0.1, 0.15) is 6.42 Å². The molecule has 4 N–H and O–H groups in total. The van der Waals surface area contributed by atoms with Crippen LogP contribution in [0.2, 0.25) is 0 Å². The van der Waals surface area contributed by atoms with Crippen molar-refractivity contribution in [3.8, 4) is 0 Å². The second-order valence-electron chi connectivity index (χ2n) is 6.85. The van der Waals surface area contributed by atoms with Crippen molar-refractivity contribution < 1.29 is 19.2 Å². The van der Waals surface area contributed by atoms with Gasteiger partial charge in [0, 0.05) is 11.4 Å². The summed E-state index contributed by atoms with van der Waals surface area (Å²) < 4.78 is 0. The first-order valence-corrected chi connectivity index (χ1v) is 9.50. The Balaban J connectivity index is 1.72. The average molecular weight is 414 g/mol. The lowest BCUT2D eigenvalue weighted by molar-refractivity contribution is -0.123. The molecule has 154 valence electrons. The molecule has 0 radical (unpaired) electrons. The summed E-state index contributed by atoms with van der Waals surface area (Å²) in [6.45, 7) is 0. The molecule has 3 aromatic carbocycles. The van der Waals surface area contributed by atoms with Gasteiger partial charge < -0.3 is 21.3 Å². The number of amides is 4. The number of para-hydroxylation sites is 2. The Hall–Kier alpha value is -4.46. The van der Waals surface area contributed by atoms with E-state index in [0.717, 1.165) is 0 Å². The molecule has 2 heterocycles. The summed E-state index contributed by atoms with van der Waals surface area (Å²) in [5, 5.41) is 10.7. The first-order valence-electron chi connectivity index (χ1n) is 9.50. The monoisotopic (exact) mass is 414 g/mol. The molecule has 0 fully saturated rings. The summed E-state index contributed by atoms with van der Waals surface area (Å²) in [5.74, 6) is -2.02. The third kappa shape index (κ3) is 4.59. The highest BCUT2D eigenvalue weighted by atomic mass is 16.2. The molecule has 0 aromatic heterocycles. The van der Waals surface area contributed by atoms with E-state index >= 15 is 0 Å². The molecule has 4 amide bonds. The second kappa shape index (κ2) is 8.50. The van der Waals surface area contributed by atoms with Crippen molar-refractivity contribution in [2.45, 2.75) is 6.42 Å². The maximum atomic E-state index is 12.7. The van der Waals surface area contributed by atoms with Crippen LogP contribution >= 0.6 is 0 Å². The van der Waals surface area contributed by atoms with Crippen molar-refractivity contribution in [3.63, 3.8) is 0 Å². The highest BCUT2D eigenvalue weighted by Crippen LogP contribution is 2.22. The Kier molecular flexibility index (Phi) is 5.44. The molecular weight excluding hydrogens is 396 g/mol. The molecule has 8 heteroatoms. The minimum absolute atomic E-state index is 0.253. The number of hydrogen-bond donors (Lipinski definition) is 4. The highest BCUT2D eigenvalue weighted by molar-refractivity contribution is 6.15. The molecule has 0 unspecified atom stereocenters. The summed E-state index contributed by atoms with van der Waals surface area (Å²) in [7, 11) is 0. The molecule has 2 bridgehead atoms. The van der Waals surface area contributed by atoms with Gasteiger partial charge in [-0.2, -0.15) is 0 Å². The molecule has 0 saturated heterocycles. The minimum Gasteiger partial charge on any atom is -0.325 e. The Morgan fingerprint density at radius 3 is 1.29 bits per heavy atom. The zero-order valence-corrected chi connectivity index (χ0v) is 16.3. The van der Waals surface area contributed by atoms with Gasteiger partial charge in [0.2, 0.25) is 11.8 Å².